The number of allylic oxidation sites excluding steroid dienone is 1. The number of nitrogens with one attached hydrogen (secondary N) is 1. The lowest BCUT2D eigenvalue weighted by Crippen LogP contribution is -2.70. The Hall–Kier alpha value is -5.52. The Morgan fingerprint density at radius 1 is 1.00 bits per heavy atom. The summed E-state index contributed by atoms with van der Waals surface area (Å²) in [7, 11) is -1.29. The summed E-state index contributed by atoms with van der Waals surface area (Å²) in [6, 6.07) is 18.0. The van der Waals surface area contributed by atoms with Crippen molar-refractivity contribution in [1.82, 2.24) is 9.29 Å². The molecule has 16 heteroatoms. The minimum atomic E-state index is -4.32. The predicted octanol–water partition coefficient (Wildman–Crippen LogP) is 8.62. The quantitative estimate of drug-likeness (QED) is 0.0388. The molecule has 1 amide bonds. The van der Waals surface area contributed by atoms with Crippen LogP contribution in [0, 0.1) is 17.8 Å². The number of pyridine rings is 1. The van der Waals surface area contributed by atoms with Crippen LogP contribution in [-0.2, 0) is 19.6 Å². The molecule has 2 aliphatic carbocycles. The molecule has 354 valence electrons. The Bertz CT molecular complexity index is 2510. The topological polar surface area (TPSA) is 188 Å². The molecule has 0 saturated heterocycles. The number of carbonyl (C=O) groups excluding carboxylic acids is 1. The van der Waals surface area contributed by atoms with E-state index in [9.17, 15) is 15.0 Å². The zero-order valence-electron chi connectivity index (χ0n) is 38.2. The summed E-state index contributed by atoms with van der Waals surface area (Å²) in [6.45, 7) is 8.28. The van der Waals surface area contributed by atoms with Gasteiger partial charge < -0.3 is 38.7 Å². The van der Waals surface area contributed by atoms with Crippen LogP contribution in [0.1, 0.15) is 76.7 Å². The summed E-state index contributed by atoms with van der Waals surface area (Å²) in [5.41, 5.74) is 2.88. The number of methoxy groups -OCH3 is 2. The number of benzene rings is 3. The minimum Gasteiger partial charge on any atom is -0.497 e. The van der Waals surface area contributed by atoms with Crippen molar-refractivity contribution in [2.24, 2.45) is 22.9 Å². The number of aliphatic hydroxyl groups excluding tert-OH is 2. The number of sulfonamides is 1. The van der Waals surface area contributed by atoms with E-state index in [4.69, 9.17) is 33.7 Å². The molecule has 0 spiro atoms. The van der Waals surface area contributed by atoms with E-state index in [1.807, 2.05) is 32.0 Å². The predicted molar refractivity (Wildman–Crippen MR) is 252 cm³/mol. The number of aromatic nitrogens is 1. The number of anilines is 1. The van der Waals surface area contributed by atoms with Crippen LogP contribution in [-0.4, -0.2) is 98.7 Å². The van der Waals surface area contributed by atoms with Crippen molar-refractivity contribution >= 4 is 38.4 Å². The van der Waals surface area contributed by atoms with Crippen LogP contribution < -0.4 is 24.3 Å². The second kappa shape index (κ2) is 21.9. The van der Waals surface area contributed by atoms with E-state index < -0.39 is 39.8 Å². The van der Waals surface area contributed by atoms with Crippen LogP contribution in [0.15, 0.2) is 107 Å². The van der Waals surface area contributed by atoms with E-state index in [1.165, 1.54) is 11.4 Å². The third-order valence-corrected chi connectivity index (χ3v) is 14.7. The lowest BCUT2D eigenvalue weighted by atomic mass is 9.55. The van der Waals surface area contributed by atoms with Crippen molar-refractivity contribution in [3.05, 3.63) is 103 Å². The molecule has 1 saturated carbocycles. The number of unbranched alkanes of at least 4 members (excludes halogenated alkanes) is 2. The van der Waals surface area contributed by atoms with Crippen LogP contribution in [0.2, 0.25) is 0 Å². The van der Waals surface area contributed by atoms with E-state index >= 15 is 8.42 Å². The molecule has 1 aliphatic heterocycles. The Balaban J connectivity index is 1.43. The van der Waals surface area contributed by atoms with Gasteiger partial charge in [-0.25, -0.2) is 13.2 Å². The van der Waals surface area contributed by atoms with Crippen molar-refractivity contribution in [3.63, 3.8) is 0 Å². The van der Waals surface area contributed by atoms with E-state index in [0.717, 1.165) is 24.0 Å². The van der Waals surface area contributed by atoms with Crippen molar-refractivity contribution in [2.45, 2.75) is 87.9 Å². The highest BCUT2D eigenvalue weighted by Crippen LogP contribution is 2.62. The molecule has 7 rings (SSSR count). The number of carbonyl (C=O) groups is 1. The van der Waals surface area contributed by atoms with Gasteiger partial charge in [-0.05, 0) is 98.9 Å². The number of aliphatic hydroxyl groups is 2. The van der Waals surface area contributed by atoms with Gasteiger partial charge in [0.05, 0.1) is 49.7 Å². The third kappa shape index (κ3) is 9.79. The van der Waals surface area contributed by atoms with Gasteiger partial charge in [0.1, 0.15) is 34.5 Å². The first-order valence-electron chi connectivity index (χ1n) is 22.9. The van der Waals surface area contributed by atoms with Gasteiger partial charge in [0, 0.05) is 55.3 Å². The smallest absolute Gasteiger partial charge is 0.417 e. The summed E-state index contributed by atoms with van der Waals surface area (Å²) in [6.07, 6.45) is 9.35. The second-order valence-electron chi connectivity index (χ2n) is 16.7. The summed E-state index contributed by atoms with van der Waals surface area (Å²) < 4.78 is 63.6. The number of para-hydroxylation sites is 1. The molecule has 4 aromatic rings. The number of nitrogens with zero attached hydrogens (tertiary/aromatic N) is 3. The number of hydrogen-bond donors (Lipinski definition) is 3. The van der Waals surface area contributed by atoms with E-state index in [-0.39, 0.29) is 61.9 Å². The van der Waals surface area contributed by atoms with Gasteiger partial charge in [-0.15, -0.1) is 6.58 Å². The van der Waals surface area contributed by atoms with Crippen molar-refractivity contribution in [3.8, 4) is 23.0 Å². The maximum atomic E-state index is 15.5. The molecule has 0 radical (unpaired) electrons. The fourth-order valence-corrected chi connectivity index (χ4v) is 11.9. The average molecular weight is 927 g/mol. The lowest BCUT2D eigenvalue weighted by Gasteiger charge is -2.59. The maximum absolute atomic E-state index is 15.5. The summed E-state index contributed by atoms with van der Waals surface area (Å²) in [5, 5.41) is 28.1. The Morgan fingerprint density at radius 3 is 2.50 bits per heavy atom. The molecule has 1 aromatic heterocycles. The molecule has 6 atom stereocenters. The molecule has 3 aromatic carbocycles. The Morgan fingerprint density at radius 2 is 1.77 bits per heavy atom. The summed E-state index contributed by atoms with van der Waals surface area (Å²) >= 11 is 0. The average Bonchev–Trinajstić information content (AvgIpc) is 3.33. The molecule has 3 aliphatic rings. The van der Waals surface area contributed by atoms with Crippen LogP contribution in [0.25, 0.3) is 10.9 Å². The van der Waals surface area contributed by atoms with Crippen molar-refractivity contribution in [2.75, 3.05) is 52.5 Å². The molecule has 3 N–H and O–H groups in total. The molecule has 0 unspecified atom stereocenters. The molecular formula is C50H62N4O11S. The van der Waals surface area contributed by atoms with Gasteiger partial charge in [0.15, 0.2) is 0 Å². The first-order chi connectivity index (χ1) is 32.1. The highest BCUT2D eigenvalue weighted by Gasteiger charge is 2.66. The van der Waals surface area contributed by atoms with Gasteiger partial charge in [0.2, 0.25) is 15.8 Å². The largest absolute Gasteiger partial charge is 0.497 e. The molecule has 15 nitrogen and oxygen atoms in total. The maximum Gasteiger partial charge on any atom is 0.417 e. The van der Waals surface area contributed by atoms with Gasteiger partial charge in [-0.1, -0.05) is 55.3 Å². The van der Waals surface area contributed by atoms with E-state index in [1.54, 1.807) is 67.9 Å². The monoisotopic (exact) mass is 926 g/mol. The number of oxime groups is 1. The molecule has 2 heterocycles. The lowest BCUT2D eigenvalue weighted by molar-refractivity contribution is -0.251. The zero-order valence-corrected chi connectivity index (χ0v) is 39.0. The summed E-state index contributed by atoms with van der Waals surface area (Å²) in [4.78, 5) is 24.1. The first kappa shape index (κ1) is 48.4. The van der Waals surface area contributed by atoms with Gasteiger partial charge in [0.25, 0.3) is 0 Å². The number of ether oxygens (including phenoxy) is 5. The van der Waals surface area contributed by atoms with Crippen LogP contribution in [0.4, 0.5) is 10.5 Å². The zero-order chi connectivity index (χ0) is 46.8. The van der Waals surface area contributed by atoms with Crippen LogP contribution in [0.5, 0.6) is 23.0 Å². The number of hydrogen-bond acceptors (Lipinski definition) is 13. The van der Waals surface area contributed by atoms with Gasteiger partial charge in [-0.2, -0.15) is 4.31 Å². The number of rotatable bonds is 22. The van der Waals surface area contributed by atoms with Crippen LogP contribution >= 0.6 is 0 Å². The SMILES string of the molecule is C=CCO[C@@]12Oc3ccc(OC(=O)Nc4ccc(OC)cc4OC)cc3[C@H]3[C@H](CCCCO)[C@@H](CCCCO)C=C(C(=NOCC)C[C@@H]1N(CCC)S(=O)(=O)c1cccc4cccnc14)[C@H]32. The fourth-order valence-electron chi connectivity index (χ4n) is 10.0. The molecule has 1 fully saturated rings. The molecule has 66 heavy (non-hydrogen) atoms. The first-order valence-corrected chi connectivity index (χ1v) is 24.3. The minimum absolute atomic E-state index is 0.0232. The third-order valence-electron chi connectivity index (χ3n) is 12.8. The Labute approximate surface area is 387 Å². The van der Waals surface area contributed by atoms with E-state index in [2.05, 4.69) is 23.0 Å². The number of fused-ring (bicyclic) bond motifs is 3. The Kier molecular flexibility index (Phi) is 16.0. The van der Waals surface area contributed by atoms with Crippen molar-refractivity contribution < 1.29 is 51.9 Å². The van der Waals surface area contributed by atoms with Crippen LogP contribution in [0.3, 0.4) is 0 Å². The normalized spacial score (nSPS) is 22.7. The van der Waals surface area contributed by atoms with Gasteiger partial charge >= 0.3 is 6.09 Å². The van der Waals surface area contributed by atoms with Crippen molar-refractivity contribution in [1.29, 1.82) is 0 Å². The highest BCUT2D eigenvalue weighted by molar-refractivity contribution is 7.89. The molecular weight excluding hydrogens is 865 g/mol. The molecule has 0 bridgehead atoms. The second-order valence-corrected chi connectivity index (χ2v) is 18.6. The summed E-state index contributed by atoms with van der Waals surface area (Å²) in [5.74, 6) is -1.22. The highest BCUT2D eigenvalue weighted by atomic mass is 32.2. The van der Waals surface area contributed by atoms with E-state index in [0.29, 0.717) is 71.7 Å². The number of amides is 1. The standard InChI is InChI=1S/C50H62N4O11S/c1-6-25-54(66(58,59)44-19-13-16-33-17-14-24-51-48(33)44)45-32-41(53-63-8-3)38-29-34(15-9-11-26-55)37(18-10-12-27-56)46-39-30-36(21-23-42(39)65-50(45,47(38)46)62-28-7-2)64-49(57)52-40-22-20-35(60-4)31-43(40)61-5/h7,13-14,16-17,19-24,29-31,34,37,45-47,55-56H,2,6,8-12,15,18,25-28,32H2,1,3-5H3,(H,52,57)/t34-,37+,45-,46+,47+,50+/m0/s1. The van der Waals surface area contributed by atoms with Gasteiger partial charge in [-0.3, -0.25) is 10.3 Å². The fraction of sp³-hybridized carbons (Fsp3) is 0.460.